The van der Waals surface area contributed by atoms with E-state index in [1.807, 2.05) is 24.3 Å². The monoisotopic (exact) mass is 340 g/mol. The number of hydrogen-bond acceptors (Lipinski definition) is 6. The molecule has 0 spiro atoms. The van der Waals surface area contributed by atoms with Crippen molar-refractivity contribution in [3.63, 3.8) is 0 Å². The Morgan fingerprint density at radius 2 is 1.83 bits per heavy atom. The van der Waals surface area contributed by atoms with Gasteiger partial charge < -0.3 is 13.9 Å². The molecule has 0 unspecified atom stereocenters. The second kappa shape index (κ2) is 6.57. The highest BCUT2D eigenvalue weighted by atomic mass is 32.2. The van der Waals surface area contributed by atoms with Crippen LogP contribution in [-0.4, -0.2) is 16.8 Å². The van der Waals surface area contributed by atoms with Crippen molar-refractivity contribution in [2.45, 2.75) is 24.0 Å². The molecule has 122 valence electrons. The number of ether oxygens (including phenoxy) is 2. The van der Waals surface area contributed by atoms with Gasteiger partial charge in [-0.1, -0.05) is 53.7 Å². The quantitative estimate of drug-likeness (QED) is 0.664. The Morgan fingerprint density at radius 3 is 2.67 bits per heavy atom. The maximum Gasteiger partial charge on any atom is 0.277 e. The fraction of sp³-hybridized carbons (Fsp3) is 0.222. The minimum Gasteiger partial charge on any atom is -0.485 e. The van der Waals surface area contributed by atoms with Crippen molar-refractivity contribution in [2.24, 2.45) is 0 Å². The molecular formula is C18H16N2O3S. The topological polar surface area (TPSA) is 57.4 Å². The van der Waals surface area contributed by atoms with E-state index < -0.39 is 0 Å². The summed E-state index contributed by atoms with van der Waals surface area (Å²) < 4.78 is 17.3. The summed E-state index contributed by atoms with van der Waals surface area (Å²) in [5.74, 6) is 2.66. The molecule has 0 amide bonds. The van der Waals surface area contributed by atoms with E-state index in [0.717, 1.165) is 11.5 Å². The number of fused-ring (bicyclic) bond motifs is 1. The number of benzene rings is 2. The van der Waals surface area contributed by atoms with E-state index in [9.17, 15) is 0 Å². The largest absolute Gasteiger partial charge is 0.485 e. The molecule has 1 aliphatic rings. The van der Waals surface area contributed by atoms with Gasteiger partial charge in [0.25, 0.3) is 11.1 Å². The zero-order chi connectivity index (χ0) is 16.4. The first-order valence-electron chi connectivity index (χ1n) is 7.68. The molecule has 6 heteroatoms. The molecule has 2 aromatic carbocycles. The van der Waals surface area contributed by atoms with Crippen molar-refractivity contribution in [1.82, 2.24) is 10.2 Å². The fourth-order valence-electron chi connectivity index (χ4n) is 2.38. The fourth-order valence-corrected chi connectivity index (χ4v) is 3.10. The van der Waals surface area contributed by atoms with Crippen LogP contribution in [0.4, 0.5) is 0 Å². The highest BCUT2D eigenvalue weighted by Crippen LogP contribution is 2.36. The predicted molar refractivity (Wildman–Crippen MR) is 90.3 cm³/mol. The average molecular weight is 340 g/mol. The van der Waals surface area contributed by atoms with Crippen molar-refractivity contribution < 1.29 is 13.9 Å². The van der Waals surface area contributed by atoms with Crippen LogP contribution in [0.1, 0.15) is 23.1 Å². The molecule has 3 aromatic rings. The number of thioether (sulfide) groups is 1. The summed E-state index contributed by atoms with van der Waals surface area (Å²) in [6.45, 7) is 2.44. The van der Waals surface area contributed by atoms with Crippen LogP contribution in [0.3, 0.4) is 0 Å². The highest BCUT2D eigenvalue weighted by Gasteiger charge is 2.27. The molecule has 5 nitrogen and oxygen atoms in total. The van der Waals surface area contributed by atoms with Gasteiger partial charge in [-0.2, -0.15) is 0 Å². The van der Waals surface area contributed by atoms with Crippen LogP contribution < -0.4 is 9.47 Å². The van der Waals surface area contributed by atoms with Gasteiger partial charge in [0.2, 0.25) is 6.10 Å². The van der Waals surface area contributed by atoms with Crippen LogP contribution in [0.2, 0.25) is 0 Å². The summed E-state index contributed by atoms with van der Waals surface area (Å²) in [5.41, 5.74) is 2.47. The first kappa shape index (κ1) is 15.1. The first-order chi connectivity index (χ1) is 11.8. The molecule has 2 heterocycles. The summed E-state index contributed by atoms with van der Waals surface area (Å²) in [6.07, 6.45) is -0.374. The third-order valence-electron chi connectivity index (χ3n) is 3.69. The van der Waals surface area contributed by atoms with Gasteiger partial charge in [-0.05, 0) is 24.6 Å². The van der Waals surface area contributed by atoms with E-state index in [1.165, 1.54) is 22.9 Å². The lowest BCUT2D eigenvalue weighted by atomic mass is 10.2. The van der Waals surface area contributed by atoms with Crippen molar-refractivity contribution in [2.75, 3.05) is 6.61 Å². The molecule has 1 aliphatic heterocycles. The van der Waals surface area contributed by atoms with Gasteiger partial charge in [-0.15, -0.1) is 10.2 Å². The van der Waals surface area contributed by atoms with Gasteiger partial charge in [-0.3, -0.25) is 0 Å². The Hall–Kier alpha value is -2.47. The molecule has 0 radical (unpaired) electrons. The van der Waals surface area contributed by atoms with E-state index >= 15 is 0 Å². The van der Waals surface area contributed by atoms with Gasteiger partial charge in [0.1, 0.15) is 6.61 Å². The maximum atomic E-state index is 5.88. The van der Waals surface area contributed by atoms with Gasteiger partial charge in [0.15, 0.2) is 11.5 Å². The molecule has 24 heavy (non-hydrogen) atoms. The van der Waals surface area contributed by atoms with Crippen molar-refractivity contribution in [3.8, 4) is 11.5 Å². The Labute approximate surface area is 144 Å². The van der Waals surface area contributed by atoms with Gasteiger partial charge in [0, 0.05) is 5.75 Å². The second-order valence-electron chi connectivity index (χ2n) is 5.54. The lowest BCUT2D eigenvalue weighted by Crippen LogP contribution is -2.21. The number of rotatable bonds is 4. The number of aryl methyl sites for hydroxylation is 1. The average Bonchev–Trinajstić information content (AvgIpc) is 3.10. The summed E-state index contributed by atoms with van der Waals surface area (Å²) in [4.78, 5) is 0. The molecule has 1 atom stereocenters. The van der Waals surface area contributed by atoms with Gasteiger partial charge >= 0.3 is 0 Å². The minimum atomic E-state index is -0.374. The number of aromatic nitrogens is 2. The Balaban J connectivity index is 1.41. The van der Waals surface area contributed by atoms with Crippen LogP contribution in [0, 0.1) is 6.92 Å². The summed E-state index contributed by atoms with van der Waals surface area (Å²) in [5, 5.41) is 8.72. The lowest BCUT2D eigenvalue weighted by Gasteiger charge is -2.23. The molecule has 0 saturated carbocycles. The van der Waals surface area contributed by atoms with E-state index in [0.29, 0.717) is 23.5 Å². The summed E-state index contributed by atoms with van der Waals surface area (Å²) in [7, 11) is 0. The molecule has 0 saturated heterocycles. The van der Waals surface area contributed by atoms with E-state index in [2.05, 4.69) is 41.4 Å². The maximum absolute atomic E-state index is 5.88. The molecular weight excluding hydrogens is 324 g/mol. The van der Waals surface area contributed by atoms with Crippen molar-refractivity contribution >= 4 is 11.8 Å². The highest BCUT2D eigenvalue weighted by molar-refractivity contribution is 7.98. The predicted octanol–water partition coefficient (Wildman–Crippen LogP) is 4.18. The lowest BCUT2D eigenvalue weighted by molar-refractivity contribution is 0.0686. The second-order valence-corrected chi connectivity index (χ2v) is 6.47. The Bertz CT molecular complexity index is 832. The van der Waals surface area contributed by atoms with Crippen LogP contribution in [0.15, 0.2) is 58.2 Å². The zero-order valence-electron chi connectivity index (χ0n) is 13.1. The molecule has 1 aromatic heterocycles. The summed E-state index contributed by atoms with van der Waals surface area (Å²) in [6, 6.07) is 16.0. The smallest absolute Gasteiger partial charge is 0.277 e. The van der Waals surface area contributed by atoms with Crippen LogP contribution in [0.5, 0.6) is 11.5 Å². The number of para-hydroxylation sites is 2. The van der Waals surface area contributed by atoms with E-state index in [-0.39, 0.29) is 6.10 Å². The van der Waals surface area contributed by atoms with Gasteiger partial charge in [-0.25, -0.2) is 0 Å². The van der Waals surface area contributed by atoms with Crippen molar-refractivity contribution in [1.29, 1.82) is 0 Å². The summed E-state index contributed by atoms with van der Waals surface area (Å²) >= 11 is 1.51. The SMILES string of the molecule is Cc1ccc(CSc2nnc([C@@H]3COc4ccccc4O3)o2)cc1. The first-order valence-corrected chi connectivity index (χ1v) is 8.67. The van der Waals surface area contributed by atoms with E-state index in [4.69, 9.17) is 13.9 Å². The van der Waals surface area contributed by atoms with Gasteiger partial charge in [0.05, 0.1) is 0 Å². The minimum absolute atomic E-state index is 0.362. The number of hydrogen-bond donors (Lipinski definition) is 0. The van der Waals surface area contributed by atoms with Crippen LogP contribution in [-0.2, 0) is 5.75 Å². The van der Waals surface area contributed by atoms with Crippen molar-refractivity contribution in [3.05, 3.63) is 65.5 Å². The molecule has 0 fully saturated rings. The normalized spacial score (nSPS) is 16.1. The molecule has 0 N–H and O–H groups in total. The molecule has 4 rings (SSSR count). The number of nitrogens with zero attached hydrogens (tertiary/aromatic N) is 2. The zero-order valence-corrected chi connectivity index (χ0v) is 14.0. The third kappa shape index (κ3) is 3.23. The van der Waals surface area contributed by atoms with Crippen LogP contribution >= 0.6 is 11.8 Å². The standard InChI is InChI=1S/C18H16N2O3S/c1-12-6-8-13(9-7-12)11-24-18-20-19-17(23-18)16-10-21-14-4-2-3-5-15(14)22-16/h2-9,16H,10-11H2,1H3/t16-/m0/s1. The Morgan fingerprint density at radius 1 is 1.04 bits per heavy atom. The third-order valence-corrected chi connectivity index (χ3v) is 4.58. The molecule has 0 bridgehead atoms. The van der Waals surface area contributed by atoms with E-state index in [1.54, 1.807) is 0 Å². The van der Waals surface area contributed by atoms with Crippen LogP contribution in [0.25, 0.3) is 0 Å². The molecule has 0 aliphatic carbocycles. The Kier molecular flexibility index (Phi) is 4.13.